The third-order valence-corrected chi connectivity index (χ3v) is 31.3. The molecule has 21 nitrogen and oxygen atoms in total. The number of hydrogen-bond acceptors (Lipinski definition) is 21. The number of aromatic nitrogens is 2. The van der Waals surface area contributed by atoms with E-state index >= 15 is 8.78 Å². The minimum atomic E-state index is -2.96. The van der Waals surface area contributed by atoms with Crippen LogP contribution in [0.3, 0.4) is 0 Å². The SMILES string of the molecule is CC(C)(C)OC(=O)CC1=N[C@](C)(c2cc(N)ccc2F)[C@H]2CCN=[S@@]2(=O)C1(C)C.Cc1cc(C#N)cnc1C(=O)Cc1ccc(F)c([C@@]2(C)N=C(CC(=O)OC(C)(C)C)C(C)(C)[S@]3(=O)=NCC[C@H]23)c1.Cc1cc(C#N)cnc1C(=O)Cc1ccc(F)c([C@@]2(C)N=C(N)C(C)(C)[S@]3(=O)=NCC[C@H]23)c1. The maximum absolute atomic E-state index is 15.6. The molecule has 6 aliphatic rings. The second-order valence-electron chi connectivity index (χ2n) is 30.8. The highest BCUT2D eigenvalue weighted by molar-refractivity contribution is 7.97. The van der Waals surface area contributed by atoms with Gasteiger partial charge < -0.3 is 20.9 Å². The summed E-state index contributed by atoms with van der Waals surface area (Å²) in [6, 6.07) is 20.4. The molecule has 4 N–H and O–H groups in total. The molecule has 0 spiro atoms. The molecule has 27 heteroatoms. The third kappa shape index (κ3) is 14.2. The van der Waals surface area contributed by atoms with Crippen LogP contribution in [-0.2, 0) is 77.7 Å². The minimum Gasteiger partial charge on any atom is -0.460 e. The molecule has 0 fully saturated rings. The summed E-state index contributed by atoms with van der Waals surface area (Å²) < 4.78 is 110. The van der Waals surface area contributed by atoms with Gasteiger partial charge in [-0.05, 0) is 214 Å². The van der Waals surface area contributed by atoms with Crippen LogP contribution in [0, 0.1) is 54.0 Å². The molecule has 5 aromatic rings. The van der Waals surface area contributed by atoms with Crippen LogP contribution in [0.4, 0.5) is 18.9 Å². The number of fused-ring (bicyclic) bond motifs is 3. The van der Waals surface area contributed by atoms with E-state index in [0.717, 1.165) is 0 Å². The summed E-state index contributed by atoms with van der Waals surface area (Å²) >= 11 is 0. The van der Waals surface area contributed by atoms with Gasteiger partial charge in [0.05, 0.1) is 78.4 Å². The summed E-state index contributed by atoms with van der Waals surface area (Å²) in [5, 5.41) is 16.6. The smallest absolute Gasteiger partial charge is 0.312 e. The van der Waals surface area contributed by atoms with Crippen LogP contribution in [0.15, 0.2) is 107 Å². The van der Waals surface area contributed by atoms with Gasteiger partial charge in [0.1, 0.15) is 79.4 Å². The van der Waals surface area contributed by atoms with Crippen molar-refractivity contribution in [3.05, 3.63) is 158 Å². The summed E-state index contributed by atoms with van der Waals surface area (Å²) in [5.41, 5.74) is 12.7. The Morgan fingerprint density at radius 3 is 1.19 bits per heavy atom. The van der Waals surface area contributed by atoms with E-state index in [2.05, 4.69) is 28.0 Å². The minimum absolute atomic E-state index is 0.00178. The molecule has 9 atom stereocenters. The van der Waals surface area contributed by atoms with Crippen LogP contribution in [0.25, 0.3) is 0 Å². The van der Waals surface area contributed by atoms with Crippen LogP contribution in [0.1, 0.15) is 207 Å². The quantitative estimate of drug-likeness (QED) is 0.0628. The monoisotopic (exact) mass is 1460 g/mol. The fourth-order valence-electron chi connectivity index (χ4n) is 14.6. The number of aryl methyl sites for hydroxylation is 2. The summed E-state index contributed by atoms with van der Waals surface area (Å²) in [4.78, 5) is 74.3. The van der Waals surface area contributed by atoms with Crippen molar-refractivity contribution >= 4 is 75.6 Å². The lowest BCUT2D eigenvalue weighted by Gasteiger charge is -2.46. The number of esters is 2. The summed E-state index contributed by atoms with van der Waals surface area (Å²) in [5.74, 6) is -2.79. The Bertz CT molecular complexity index is 4910. The standard InChI is InChI=1S/C30H35FN4O4S.C24H26FN5O2S.C21H30FN3O3S/c1-18-12-20(16-32)17-33-27(18)23(36)14-19-8-9-22(31)21(13-19)30(7)25-10-11-34-40(25,38)29(5,6)24(35-30)15-26(37)39-28(2,3)4;1-14-9-16(12-26)13-28-21(14)19(31)11-15-5-6-18(25)17(10-15)24(4)20-7-8-29-33(20,32)23(2,3)22(27)30-24;1-19(2,3)28-18(26)12-16-20(4,5)29(27)17(9-10-24-29)21(6,25-16)14-11-13(23)7-8-15(14)22/h8-9,12-13,17,25H,10-11,14-15H2,1-7H3;5-6,9-10,13,20H,7-8,11H2,1-4H3,(H2,27,30);7-8,11,17H,9-10,12,23H2,1-6H3/t25-,30-,40+;20-,24-,33+;17-,21-,29+/m111/s1. The molecule has 6 aliphatic heterocycles. The number of nitrogen functional groups attached to an aromatic ring is 1. The number of amidine groups is 1. The first-order chi connectivity index (χ1) is 47.2. The maximum Gasteiger partial charge on any atom is 0.312 e. The van der Waals surface area contributed by atoms with Crippen LogP contribution < -0.4 is 11.5 Å². The first-order valence-corrected chi connectivity index (χ1v) is 38.4. The Kier molecular flexibility index (Phi) is 21.0. The molecule has 544 valence electrons. The number of anilines is 1. The summed E-state index contributed by atoms with van der Waals surface area (Å²) in [6.07, 6.45) is 3.86. The number of ether oxygens (including phenoxy) is 2. The van der Waals surface area contributed by atoms with Crippen LogP contribution >= 0.6 is 0 Å². The molecule has 0 amide bonds. The molecular weight excluding hydrogens is 1370 g/mol. The van der Waals surface area contributed by atoms with E-state index in [4.69, 9.17) is 41.4 Å². The van der Waals surface area contributed by atoms with Gasteiger partial charge in [0.25, 0.3) is 0 Å². The Morgan fingerprint density at radius 1 is 0.510 bits per heavy atom. The molecule has 0 saturated heterocycles. The van der Waals surface area contributed by atoms with Gasteiger partial charge in [0.2, 0.25) is 0 Å². The van der Waals surface area contributed by atoms with Gasteiger partial charge >= 0.3 is 11.9 Å². The average Bonchev–Trinajstić information content (AvgIpc) is 1.38. The summed E-state index contributed by atoms with van der Waals surface area (Å²) in [7, 11) is -8.57. The topological polar surface area (TPSA) is 338 Å². The first kappa shape index (κ1) is 77.6. The van der Waals surface area contributed by atoms with Crippen LogP contribution in [0.2, 0.25) is 0 Å². The molecule has 0 aliphatic carbocycles. The first-order valence-electron chi connectivity index (χ1n) is 33.7. The lowest BCUT2D eigenvalue weighted by molar-refractivity contribution is -0.154. The van der Waals surface area contributed by atoms with Crippen molar-refractivity contribution in [2.75, 3.05) is 25.4 Å². The second-order valence-corrected chi connectivity index (χ2v) is 39.7. The fraction of sp³-hybridized carbons (Fsp3) is 0.507. The predicted octanol–water partition coefficient (Wildman–Crippen LogP) is 12.5. The normalized spacial score (nSPS) is 27.7. The van der Waals surface area contributed by atoms with Crippen molar-refractivity contribution in [2.45, 2.75) is 220 Å². The zero-order valence-electron chi connectivity index (χ0n) is 61.0. The largest absolute Gasteiger partial charge is 0.460 e. The molecule has 0 saturated carbocycles. The summed E-state index contributed by atoms with van der Waals surface area (Å²) in [6.45, 7) is 31.2. The fourth-order valence-corrected chi connectivity index (χ4v) is 24.3. The molecule has 2 aromatic heterocycles. The van der Waals surface area contributed by atoms with Crippen LogP contribution in [-0.4, -0.2) is 124 Å². The van der Waals surface area contributed by atoms with Gasteiger partial charge in [-0.1, -0.05) is 12.1 Å². The van der Waals surface area contributed by atoms with Gasteiger partial charge in [0.15, 0.2) is 11.6 Å². The number of benzene rings is 3. The highest BCUT2D eigenvalue weighted by atomic mass is 32.2. The predicted molar refractivity (Wildman–Crippen MR) is 390 cm³/mol. The van der Waals surface area contributed by atoms with Gasteiger partial charge in [0, 0.05) is 78.7 Å². The van der Waals surface area contributed by atoms with Crippen molar-refractivity contribution in [2.24, 2.45) is 33.8 Å². The van der Waals surface area contributed by atoms with E-state index in [1.165, 1.54) is 42.7 Å². The molecule has 0 bridgehead atoms. The van der Waals surface area contributed by atoms with Crippen molar-refractivity contribution in [1.82, 2.24) is 9.97 Å². The maximum atomic E-state index is 15.6. The Balaban J connectivity index is 0.000000180. The Hall–Kier alpha value is -8.53. The van der Waals surface area contributed by atoms with Crippen molar-refractivity contribution < 1.29 is 54.4 Å². The van der Waals surface area contributed by atoms with E-state index in [1.807, 2.05) is 12.1 Å². The van der Waals surface area contributed by atoms with E-state index in [0.29, 0.717) is 89.4 Å². The number of nitriles is 2. The number of Topliss-reactive ketones (excluding diaryl/α,β-unsaturated/α-hetero) is 2. The van der Waals surface area contributed by atoms with E-state index < -0.39 is 116 Å². The molecule has 0 unspecified atom stereocenters. The van der Waals surface area contributed by atoms with Gasteiger partial charge in [-0.15, -0.1) is 0 Å². The van der Waals surface area contributed by atoms with Crippen molar-refractivity contribution in [1.29, 1.82) is 10.5 Å². The molecule has 8 heterocycles. The van der Waals surface area contributed by atoms with E-state index in [-0.39, 0.29) is 71.2 Å². The molecule has 11 rings (SSSR count). The van der Waals surface area contributed by atoms with Gasteiger partial charge in [-0.2, -0.15) is 10.5 Å². The number of nitrogens with two attached hydrogens (primary N) is 2. The number of nitrogens with zero attached hydrogens (tertiary/aromatic N) is 10. The third-order valence-electron chi connectivity index (χ3n) is 20.2. The average molecular weight is 1460 g/mol. The molecule has 102 heavy (non-hydrogen) atoms. The number of carbonyl (C=O) groups is 4. The number of ketones is 2. The number of rotatable bonds is 13. The van der Waals surface area contributed by atoms with Gasteiger partial charge in [-0.3, -0.25) is 44.1 Å². The zero-order valence-corrected chi connectivity index (χ0v) is 63.4. The van der Waals surface area contributed by atoms with E-state index in [9.17, 15) is 36.2 Å². The van der Waals surface area contributed by atoms with Crippen molar-refractivity contribution in [3.8, 4) is 12.1 Å². The highest BCUT2D eigenvalue weighted by Gasteiger charge is 2.60. The number of aliphatic imine (C=N–C) groups is 3. The van der Waals surface area contributed by atoms with Crippen molar-refractivity contribution in [3.63, 3.8) is 0 Å². The van der Waals surface area contributed by atoms with Crippen LogP contribution in [0.5, 0.6) is 0 Å². The molecule has 0 radical (unpaired) electrons. The Morgan fingerprint density at radius 2 is 0.843 bits per heavy atom. The highest BCUT2D eigenvalue weighted by Crippen LogP contribution is 2.52. The molecule has 3 aromatic carbocycles. The number of halogens is 3. The number of hydrogen-bond donors (Lipinski definition) is 2. The molecular formula is C75H91F3N12O9S3. The zero-order chi connectivity index (χ0) is 75.7. The van der Waals surface area contributed by atoms with Gasteiger partial charge in [-0.25, -0.2) is 38.9 Å². The second kappa shape index (κ2) is 27.6. The Labute approximate surface area is 597 Å². The lowest BCUT2D eigenvalue weighted by Crippen LogP contribution is -2.58. The lowest BCUT2D eigenvalue weighted by atomic mass is 9.84. The number of carbonyl (C=O) groups excluding carboxylic acids is 4. The van der Waals surface area contributed by atoms with E-state index in [1.54, 1.807) is 154 Å². The number of pyridine rings is 2.